The Kier molecular flexibility index (Phi) is 3.89. The largest absolute Gasteiger partial charge is 0.355 e. The minimum absolute atomic E-state index is 0.0979. The molecule has 4 nitrogen and oxygen atoms in total. The highest BCUT2D eigenvalue weighted by Gasteiger charge is 2.52. The Morgan fingerprint density at radius 1 is 1.07 bits per heavy atom. The van der Waals surface area contributed by atoms with Crippen LogP contribution in [0.2, 0.25) is 0 Å². The van der Waals surface area contributed by atoms with E-state index in [-0.39, 0.29) is 11.4 Å². The number of rotatable bonds is 3. The highest BCUT2D eigenvalue weighted by molar-refractivity contribution is 5.95. The third-order valence-electron chi connectivity index (χ3n) is 7.61. The molecule has 6 aliphatic rings. The zero-order valence-electron chi connectivity index (χ0n) is 16.7. The second kappa shape index (κ2) is 6.43. The van der Waals surface area contributed by atoms with Crippen LogP contribution in [0.1, 0.15) is 50.3 Å². The van der Waals surface area contributed by atoms with Gasteiger partial charge in [-0.05, 0) is 80.6 Å². The normalized spacial score (nSPS) is 35.6. The van der Waals surface area contributed by atoms with Crippen molar-refractivity contribution in [3.63, 3.8) is 0 Å². The smallest absolute Gasteiger partial charge is 0.270 e. The second-order valence-corrected chi connectivity index (χ2v) is 9.73. The molecule has 4 saturated carbocycles. The van der Waals surface area contributed by atoms with E-state index in [9.17, 15) is 13.6 Å². The van der Waals surface area contributed by atoms with Gasteiger partial charge in [-0.1, -0.05) is 6.08 Å². The van der Waals surface area contributed by atoms with Gasteiger partial charge in [0.15, 0.2) is 0 Å². The van der Waals surface area contributed by atoms with Gasteiger partial charge in [-0.15, -0.1) is 0 Å². The maximum absolute atomic E-state index is 14.5. The first kappa shape index (κ1) is 18.2. The van der Waals surface area contributed by atoms with Gasteiger partial charge in [-0.25, -0.2) is 8.78 Å². The predicted octanol–water partition coefficient (Wildman–Crippen LogP) is 4.25. The molecule has 0 saturated heterocycles. The van der Waals surface area contributed by atoms with E-state index >= 15 is 0 Å². The maximum atomic E-state index is 14.5. The third kappa shape index (κ3) is 2.80. The van der Waals surface area contributed by atoms with Crippen molar-refractivity contribution in [3.05, 3.63) is 71.2 Å². The average molecular weight is 409 g/mol. The topological polar surface area (TPSA) is 44.4 Å². The number of halogens is 2. The molecule has 6 heteroatoms. The summed E-state index contributed by atoms with van der Waals surface area (Å²) < 4.78 is 27.9. The first-order valence-electron chi connectivity index (χ1n) is 10.9. The van der Waals surface area contributed by atoms with Gasteiger partial charge in [0, 0.05) is 23.4 Å². The number of fused-ring (bicyclic) bond motifs is 1. The summed E-state index contributed by atoms with van der Waals surface area (Å²) in [6, 6.07) is 3.57. The quantitative estimate of drug-likeness (QED) is 0.785. The molecule has 4 aliphatic carbocycles. The number of hydrogen-bond acceptors (Lipinski definition) is 3. The Morgan fingerprint density at radius 3 is 2.43 bits per heavy atom. The number of carbonyl (C=O) groups is 1. The lowest BCUT2D eigenvalue weighted by atomic mass is 9.53. The van der Waals surface area contributed by atoms with Crippen LogP contribution in [-0.2, 0) is 4.79 Å². The van der Waals surface area contributed by atoms with Gasteiger partial charge in [0.05, 0.1) is 5.70 Å². The minimum Gasteiger partial charge on any atom is -0.355 e. The third-order valence-corrected chi connectivity index (χ3v) is 7.61. The van der Waals surface area contributed by atoms with Gasteiger partial charge >= 0.3 is 0 Å². The van der Waals surface area contributed by atoms with Crippen LogP contribution < -0.4 is 10.6 Å². The van der Waals surface area contributed by atoms with Crippen LogP contribution in [0.3, 0.4) is 0 Å². The number of nitrogens with one attached hydrogen (secondary N) is 2. The van der Waals surface area contributed by atoms with E-state index in [0.29, 0.717) is 17.0 Å². The summed E-state index contributed by atoms with van der Waals surface area (Å²) in [4.78, 5) is 15.3. The van der Waals surface area contributed by atoms with Crippen LogP contribution in [0.25, 0.3) is 0 Å². The summed E-state index contributed by atoms with van der Waals surface area (Å²) in [6.07, 6.45) is 14.0. The number of nitrogens with zero attached hydrogens (tertiary/aromatic N) is 1. The van der Waals surface area contributed by atoms with Crippen LogP contribution in [-0.4, -0.2) is 16.3 Å². The monoisotopic (exact) mass is 409 g/mol. The lowest BCUT2D eigenvalue weighted by Gasteiger charge is -2.56. The van der Waals surface area contributed by atoms with Crippen molar-refractivity contribution in [3.8, 4) is 0 Å². The summed E-state index contributed by atoms with van der Waals surface area (Å²) in [5.74, 6) is 0.846. The van der Waals surface area contributed by atoms with Gasteiger partial charge in [0.25, 0.3) is 5.91 Å². The summed E-state index contributed by atoms with van der Waals surface area (Å²) in [7, 11) is 0. The standard InChI is InChI=1S/C24H25F2N3O/c25-17-4-5-18(19(26)10-17)22-27-21(20-3-1-2-6-29(20)22)23(30)28-24-11-14-7-15(12-24)9-16(8-14)13-24/h1-6,10,14-16,22,27H,7-9,11-13H2,(H,28,30). The fourth-order valence-corrected chi connectivity index (χ4v) is 6.87. The molecule has 1 atom stereocenters. The van der Waals surface area contributed by atoms with E-state index in [1.54, 1.807) is 0 Å². The molecule has 2 aliphatic heterocycles. The first-order valence-corrected chi connectivity index (χ1v) is 10.9. The lowest BCUT2D eigenvalue weighted by molar-refractivity contribution is -0.123. The van der Waals surface area contributed by atoms with Crippen molar-refractivity contribution in [2.75, 3.05) is 0 Å². The number of benzene rings is 1. The fourth-order valence-electron chi connectivity index (χ4n) is 6.87. The number of allylic oxidation sites excluding steroid dienone is 3. The van der Waals surface area contributed by atoms with E-state index < -0.39 is 17.8 Å². The van der Waals surface area contributed by atoms with E-state index in [2.05, 4.69) is 10.6 Å². The highest BCUT2D eigenvalue weighted by Crippen LogP contribution is 2.55. The van der Waals surface area contributed by atoms with Crippen molar-refractivity contribution in [1.29, 1.82) is 0 Å². The molecule has 1 aromatic carbocycles. The Balaban J connectivity index is 1.29. The first-order chi connectivity index (χ1) is 14.5. The van der Waals surface area contributed by atoms with Gasteiger partial charge < -0.3 is 15.5 Å². The van der Waals surface area contributed by atoms with Crippen LogP contribution in [0, 0.1) is 29.4 Å². The zero-order valence-corrected chi connectivity index (χ0v) is 16.7. The van der Waals surface area contributed by atoms with E-state index in [1.165, 1.54) is 31.4 Å². The molecule has 156 valence electrons. The Hall–Kier alpha value is -2.63. The van der Waals surface area contributed by atoms with Crippen molar-refractivity contribution >= 4 is 5.91 Å². The van der Waals surface area contributed by atoms with Gasteiger partial charge in [0.2, 0.25) is 0 Å². The molecule has 0 aromatic heterocycles. The van der Waals surface area contributed by atoms with Crippen LogP contribution in [0.4, 0.5) is 8.78 Å². The molecule has 0 radical (unpaired) electrons. The number of amides is 1. The predicted molar refractivity (Wildman–Crippen MR) is 108 cm³/mol. The molecule has 1 amide bonds. The molecule has 4 bridgehead atoms. The SMILES string of the molecule is O=C(NC12CC3CC(CC(C3)C1)C2)C1=C2C=CC=CN2C(c2ccc(F)cc2F)N1. The second-order valence-electron chi connectivity index (χ2n) is 9.73. The molecular formula is C24H25F2N3O. The Labute approximate surface area is 174 Å². The molecule has 1 aromatic rings. The van der Waals surface area contributed by atoms with Crippen LogP contribution in [0.15, 0.2) is 54.0 Å². The van der Waals surface area contributed by atoms with Gasteiger partial charge in [0.1, 0.15) is 23.5 Å². The summed E-state index contributed by atoms with van der Waals surface area (Å²) >= 11 is 0. The van der Waals surface area contributed by atoms with Crippen molar-refractivity contribution in [2.45, 2.75) is 50.2 Å². The summed E-state index contributed by atoms with van der Waals surface area (Å²) in [5.41, 5.74) is 1.39. The average Bonchev–Trinajstić information content (AvgIpc) is 3.06. The molecule has 0 spiro atoms. The molecular weight excluding hydrogens is 384 g/mol. The molecule has 2 N–H and O–H groups in total. The van der Waals surface area contributed by atoms with E-state index in [0.717, 1.165) is 43.1 Å². The molecule has 7 rings (SSSR count). The van der Waals surface area contributed by atoms with E-state index in [1.807, 2.05) is 29.3 Å². The van der Waals surface area contributed by atoms with Crippen LogP contribution in [0.5, 0.6) is 0 Å². The zero-order chi connectivity index (χ0) is 20.5. The van der Waals surface area contributed by atoms with Crippen LogP contribution >= 0.6 is 0 Å². The highest BCUT2D eigenvalue weighted by atomic mass is 19.1. The lowest BCUT2D eigenvalue weighted by Crippen LogP contribution is -2.60. The fraction of sp³-hybridized carbons (Fsp3) is 0.458. The van der Waals surface area contributed by atoms with Gasteiger partial charge in [-0.3, -0.25) is 4.79 Å². The Bertz CT molecular complexity index is 976. The van der Waals surface area contributed by atoms with Gasteiger partial charge in [-0.2, -0.15) is 0 Å². The maximum Gasteiger partial charge on any atom is 0.270 e. The summed E-state index contributed by atoms with van der Waals surface area (Å²) in [6.45, 7) is 0. The van der Waals surface area contributed by atoms with E-state index in [4.69, 9.17) is 0 Å². The molecule has 2 heterocycles. The molecule has 4 fully saturated rings. The van der Waals surface area contributed by atoms with Crippen molar-refractivity contribution in [2.24, 2.45) is 17.8 Å². The minimum atomic E-state index is -0.627. The molecule has 1 unspecified atom stereocenters. The molecule has 30 heavy (non-hydrogen) atoms. The van der Waals surface area contributed by atoms with Crippen molar-refractivity contribution < 1.29 is 13.6 Å². The number of carbonyl (C=O) groups excluding carboxylic acids is 1. The summed E-state index contributed by atoms with van der Waals surface area (Å²) in [5, 5.41) is 6.62. The number of hydrogen-bond donors (Lipinski definition) is 2. The van der Waals surface area contributed by atoms with Crippen molar-refractivity contribution in [1.82, 2.24) is 15.5 Å². The Morgan fingerprint density at radius 2 is 1.77 bits per heavy atom.